The highest BCUT2D eigenvalue weighted by atomic mass is 35.5. The minimum atomic E-state index is -0.184. The van der Waals surface area contributed by atoms with Crippen LogP contribution >= 0.6 is 22.9 Å². The van der Waals surface area contributed by atoms with Crippen LogP contribution in [0.1, 0.15) is 40.4 Å². The zero-order valence-corrected chi connectivity index (χ0v) is 10.8. The van der Waals surface area contributed by atoms with Crippen LogP contribution in [0.15, 0.2) is 6.20 Å². The standard InChI is InChI=1S/C11H15ClN2OS/c1-8-13-6-9(16-8)10(15)14-11(7-12)4-2-3-5-11/h6H,2-5,7H2,1H3,(H,14,15). The maximum Gasteiger partial charge on any atom is 0.263 e. The molecule has 1 aromatic heterocycles. The van der Waals surface area contributed by atoms with Crippen LogP contribution in [0.2, 0.25) is 0 Å². The molecule has 0 saturated heterocycles. The second kappa shape index (κ2) is 4.72. The molecule has 1 amide bonds. The molecule has 88 valence electrons. The van der Waals surface area contributed by atoms with Crippen molar-refractivity contribution in [2.75, 3.05) is 5.88 Å². The van der Waals surface area contributed by atoms with Crippen molar-refractivity contribution in [3.63, 3.8) is 0 Å². The van der Waals surface area contributed by atoms with Gasteiger partial charge in [-0.15, -0.1) is 22.9 Å². The minimum Gasteiger partial charge on any atom is -0.345 e. The first kappa shape index (κ1) is 11.9. The van der Waals surface area contributed by atoms with E-state index in [1.165, 1.54) is 11.3 Å². The molecule has 3 nitrogen and oxygen atoms in total. The molecule has 1 aliphatic rings. The van der Waals surface area contributed by atoms with Crippen LogP contribution in [-0.2, 0) is 0 Å². The molecule has 1 fully saturated rings. The highest BCUT2D eigenvalue weighted by Gasteiger charge is 2.34. The molecule has 1 heterocycles. The molecule has 1 N–H and O–H groups in total. The molecule has 0 spiro atoms. The fourth-order valence-corrected chi connectivity index (χ4v) is 3.12. The lowest BCUT2D eigenvalue weighted by atomic mass is 10.0. The molecule has 0 aromatic carbocycles. The number of hydrogen-bond acceptors (Lipinski definition) is 3. The van der Waals surface area contributed by atoms with Gasteiger partial charge in [0.2, 0.25) is 0 Å². The first-order valence-corrected chi connectivity index (χ1v) is 6.81. The van der Waals surface area contributed by atoms with Crippen molar-refractivity contribution < 1.29 is 4.79 Å². The third-order valence-corrected chi connectivity index (χ3v) is 4.46. The van der Waals surface area contributed by atoms with E-state index in [0.717, 1.165) is 30.7 Å². The molecule has 0 atom stereocenters. The first-order chi connectivity index (χ1) is 7.65. The van der Waals surface area contributed by atoms with Gasteiger partial charge in [-0.2, -0.15) is 0 Å². The number of rotatable bonds is 3. The first-order valence-electron chi connectivity index (χ1n) is 5.46. The van der Waals surface area contributed by atoms with Crippen LogP contribution in [0.3, 0.4) is 0 Å². The van der Waals surface area contributed by atoms with Crippen LogP contribution in [0, 0.1) is 6.92 Å². The van der Waals surface area contributed by atoms with E-state index in [0.29, 0.717) is 10.8 Å². The fraction of sp³-hybridized carbons (Fsp3) is 0.636. The Morgan fingerprint density at radius 2 is 2.31 bits per heavy atom. The maximum absolute atomic E-state index is 12.0. The van der Waals surface area contributed by atoms with Crippen LogP contribution in [0.5, 0.6) is 0 Å². The number of carbonyl (C=O) groups is 1. The summed E-state index contributed by atoms with van der Waals surface area (Å²) in [5.41, 5.74) is -0.184. The SMILES string of the molecule is Cc1ncc(C(=O)NC2(CCl)CCCC2)s1. The Balaban J connectivity index is 2.06. The average Bonchev–Trinajstić information content (AvgIpc) is 2.88. The van der Waals surface area contributed by atoms with Gasteiger partial charge < -0.3 is 5.32 Å². The zero-order chi connectivity index (χ0) is 11.6. The molecule has 2 rings (SSSR count). The van der Waals surface area contributed by atoms with Gasteiger partial charge in [-0.05, 0) is 19.8 Å². The van der Waals surface area contributed by atoms with E-state index in [4.69, 9.17) is 11.6 Å². The van der Waals surface area contributed by atoms with E-state index < -0.39 is 0 Å². The van der Waals surface area contributed by atoms with Crippen molar-refractivity contribution in [3.05, 3.63) is 16.1 Å². The lowest BCUT2D eigenvalue weighted by Crippen LogP contribution is -2.47. The Hall–Kier alpha value is -0.610. The number of nitrogens with one attached hydrogen (secondary N) is 1. The highest BCUT2D eigenvalue weighted by molar-refractivity contribution is 7.13. The van der Waals surface area contributed by atoms with Crippen LogP contribution < -0.4 is 5.32 Å². The van der Waals surface area contributed by atoms with Crippen molar-refractivity contribution >= 4 is 28.8 Å². The molecule has 0 radical (unpaired) electrons. The summed E-state index contributed by atoms with van der Waals surface area (Å²) < 4.78 is 0. The monoisotopic (exact) mass is 258 g/mol. The third kappa shape index (κ3) is 2.38. The van der Waals surface area contributed by atoms with E-state index in [-0.39, 0.29) is 11.4 Å². The Labute approximate surface area is 104 Å². The summed E-state index contributed by atoms with van der Waals surface area (Å²) >= 11 is 7.40. The van der Waals surface area contributed by atoms with Gasteiger partial charge in [-0.3, -0.25) is 4.79 Å². The molecule has 1 aromatic rings. The minimum absolute atomic E-state index is 0.0341. The number of halogens is 1. The molecule has 1 saturated carbocycles. The van der Waals surface area contributed by atoms with Gasteiger partial charge >= 0.3 is 0 Å². The van der Waals surface area contributed by atoms with Gasteiger partial charge in [0.15, 0.2) is 0 Å². The highest BCUT2D eigenvalue weighted by Crippen LogP contribution is 2.31. The molecule has 5 heteroatoms. The average molecular weight is 259 g/mol. The van der Waals surface area contributed by atoms with E-state index in [1.54, 1.807) is 6.20 Å². The molecule has 1 aliphatic carbocycles. The zero-order valence-electron chi connectivity index (χ0n) is 9.25. The molecular weight excluding hydrogens is 244 g/mol. The smallest absolute Gasteiger partial charge is 0.263 e. The second-order valence-corrected chi connectivity index (χ2v) is 5.82. The third-order valence-electron chi connectivity index (χ3n) is 3.04. The van der Waals surface area contributed by atoms with Gasteiger partial charge in [-0.25, -0.2) is 4.98 Å². The Bertz CT molecular complexity index is 385. The summed E-state index contributed by atoms with van der Waals surface area (Å²) in [6.07, 6.45) is 5.90. The van der Waals surface area contributed by atoms with Crippen LogP contribution in [0.25, 0.3) is 0 Å². The van der Waals surface area contributed by atoms with Crippen molar-refractivity contribution in [1.82, 2.24) is 10.3 Å². The van der Waals surface area contributed by atoms with E-state index in [1.807, 2.05) is 6.92 Å². The molecule has 16 heavy (non-hydrogen) atoms. The van der Waals surface area contributed by atoms with Gasteiger partial charge in [-0.1, -0.05) is 12.8 Å². The quantitative estimate of drug-likeness (QED) is 0.847. The Kier molecular flexibility index (Phi) is 3.50. The number of nitrogens with zero attached hydrogens (tertiary/aromatic N) is 1. The fourth-order valence-electron chi connectivity index (χ4n) is 2.11. The van der Waals surface area contributed by atoms with Crippen molar-refractivity contribution in [1.29, 1.82) is 0 Å². The van der Waals surface area contributed by atoms with Crippen molar-refractivity contribution in [3.8, 4) is 0 Å². The summed E-state index contributed by atoms with van der Waals surface area (Å²) in [6.45, 7) is 1.90. The summed E-state index contributed by atoms with van der Waals surface area (Å²) in [6, 6.07) is 0. The number of amides is 1. The van der Waals surface area contributed by atoms with E-state index in [9.17, 15) is 4.79 Å². The molecule has 0 aliphatic heterocycles. The predicted octanol–water partition coefficient (Wildman–Crippen LogP) is 2.73. The van der Waals surface area contributed by atoms with Gasteiger partial charge in [0.1, 0.15) is 4.88 Å². The molecular formula is C11H15ClN2OS. The lowest BCUT2D eigenvalue weighted by Gasteiger charge is -2.27. The molecule has 0 bridgehead atoms. The normalized spacial score (nSPS) is 18.6. The number of carbonyl (C=O) groups excluding carboxylic acids is 1. The number of thiazole rings is 1. The van der Waals surface area contributed by atoms with Gasteiger partial charge in [0.05, 0.1) is 16.7 Å². The van der Waals surface area contributed by atoms with Gasteiger partial charge in [0.25, 0.3) is 5.91 Å². The van der Waals surface area contributed by atoms with E-state index >= 15 is 0 Å². The lowest BCUT2D eigenvalue weighted by molar-refractivity contribution is 0.0913. The van der Waals surface area contributed by atoms with Crippen molar-refractivity contribution in [2.24, 2.45) is 0 Å². The Morgan fingerprint density at radius 3 is 2.81 bits per heavy atom. The topological polar surface area (TPSA) is 42.0 Å². The molecule has 0 unspecified atom stereocenters. The number of aromatic nitrogens is 1. The summed E-state index contributed by atoms with van der Waals surface area (Å²) in [7, 11) is 0. The van der Waals surface area contributed by atoms with Crippen molar-refractivity contribution in [2.45, 2.75) is 38.1 Å². The maximum atomic E-state index is 12.0. The summed E-state index contributed by atoms with van der Waals surface area (Å²) in [5.74, 6) is 0.462. The summed E-state index contributed by atoms with van der Waals surface area (Å²) in [5, 5.41) is 3.98. The Morgan fingerprint density at radius 1 is 1.62 bits per heavy atom. The van der Waals surface area contributed by atoms with Gasteiger partial charge in [0, 0.05) is 5.88 Å². The number of alkyl halides is 1. The number of aryl methyl sites for hydroxylation is 1. The second-order valence-electron chi connectivity index (χ2n) is 4.32. The van der Waals surface area contributed by atoms with Crippen LogP contribution in [0.4, 0.5) is 0 Å². The largest absolute Gasteiger partial charge is 0.345 e. The summed E-state index contributed by atoms with van der Waals surface area (Å²) in [4.78, 5) is 16.7. The van der Waals surface area contributed by atoms with Crippen LogP contribution in [-0.4, -0.2) is 22.3 Å². The number of hydrogen-bond donors (Lipinski definition) is 1. The van der Waals surface area contributed by atoms with E-state index in [2.05, 4.69) is 10.3 Å². The predicted molar refractivity (Wildman–Crippen MR) is 66.2 cm³/mol.